The minimum absolute atomic E-state index is 0.796. The Morgan fingerprint density at radius 2 is 2.19 bits per heavy atom. The van der Waals surface area contributed by atoms with Crippen molar-refractivity contribution in [2.24, 2.45) is 13.0 Å². The molecule has 0 aliphatic carbocycles. The lowest BCUT2D eigenvalue weighted by Crippen LogP contribution is -2.18. The van der Waals surface area contributed by atoms with E-state index in [4.69, 9.17) is 0 Å². The van der Waals surface area contributed by atoms with Gasteiger partial charge in [-0.3, -0.25) is 4.68 Å². The Labute approximate surface area is 99.2 Å². The monoisotopic (exact) mass is 223 g/mol. The second-order valence-electron chi connectivity index (χ2n) is 4.70. The summed E-state index contributed by atoms with van der Waals surface area (Å²) >= 11 is 0. The van der Waals surface area contributed by atoms with Gasteiger partial charge in [-0.15, -0.1) is 0 Å². The fraction of sp³-hybridized carbons (Fsp3) is 0.769. The summed E-state index contributed by atoms with van der Waals surface area (Å²) in [4.78, 5) is 0. The van der Waals surface area contributed by atoms with E-state index in [1.807, 2.05) is 17.9 Å². The zero-order valence-corrected chi connectivity index (χ0v) is 10.9. The van der Waals surface area contributed by atoms with Gasteiger partial charge >= 0.3 is 0 Å². The molecule has 0 saturated carbocycles. The first-order chi connectivity index (χ1) is 7.72. The Bertz CT molecular complexity index is 280. The minimum Gasteiger partial charge on any atom is -0.317 e. The molecule has 1 aromatic rings. The molecule has 0 bridgehead atoms. The van der Waals surface area contributed by atoms with Gasteiger partial charge in [0.25, 0.3) is 0 Å². The van der Waals surface area contributed by atoms with Crippen LogP contribution in [0.2, 0.25) is 0 Å². The molecule has 0 amide bonds. The topological polar surface area (TPSA) is 29.9 Å². The van der Waals surface area contributed by atoms with Gasteiger partial charge in [0.1, 0.15) is 0 Å². The molecule has 0 aromatic carbocycles. The largest absolute Gasteiger partial charge is 0.317 e. The lowest BCUT2D eigenvalue weighted by Gasteiger charge is -2.10. The zero-order valence-electron chi connectivity index (χ0n) is 10.9. The molecule has 1 N–H and O–H groups in total. The van der Waals surface area contributed by atoms with Crippen molar-refractivity contribution >= 4 is 0 Å². The van der Waals surface area contributed by atoms with Crippen molar-refractivity contribution in [1.29, 1.82) is 0 Å². The fourth-order valence-electron chi connectivity index (χ4n) is 1.81. The van der Waals surface area contributed by atoms with Gasteiger partial charge in [-0.25, -0.2) is 0 Å². The molecule has 3 heteroatoms. The smallest absolute Gasteiger partial charge is 0.0521 e. The molecule has 92 valence electrons. The maximum Gasteiger partial charge on any atom is 0.0521 e. The van der Waals surface area contributed by atoms with Crippen molar-refractivity contribution in [2.75, 3.05) is 13.1 Å². The van der Waals surface area contributed by atoms with E-state index in [2.05, 4.69) is 30.5 Å². The van der Waals surface area contributed by atoms with Crippen LogP contribution in [0.25, 0.3) is 0 Å². The first kappa shape index (κ1) is 13.2. The Hall–Kier alpha value is -0.830. The van der Waals surface area contributed by atoms with Crippen LogP contribution in [0.4, 0.5) is 0 Å². The highest BCUT2D eigenvalue weighted by atomic mass is 15.2. The van der Waals surface area contributed by atoms with Crippen molar-refractivity contribution in [1.82, 2.24) is 15.1 Å². The molecule has 3 nitrogen and oxygen atoms in total. The summed E-state index contributed by atoms with van der Waals surface area (Å²) in [6.07, 6.45) is 9.01. The summed E-state index contributed by atoms with van der Waals surface area (Å²) in [5.74, 6) is 0.796. The molecule has 1 heterocycles. The molecule has 1 unspecified atom stereocenters. The number of nitrogens with zero attached hydrogens (tertiary/aromatic N) is 2. The van der Waals surface area contributed by atoms with Crippen LogP contribution in [-0.4, -0.2) is 22.9 Å². The van der Waals surface area contributed by atoms with Crippen LogP contribution in [0.5, 0.6) is 0 Å². The van der Waals surface area contributed by atoms with E-state index in [1.54, 1.807) is 0 Å². The van der Waals surface area contributed by atoms with Gasteiger partial charge in [-0.05, 0) is 50.3 Å². The summed E-state index contributed by atoms with van der Waals surface area (Å²) in [7, 11) is 1.97. The van der Waals surface area contributed by atoms with Crippen molar-refractivity contribution in [3.8, 4) is 0 Å². The minimum atomic E-state index is 0.796. The third kappa shape index (κ3) is 5.31. The first-order valence-corrected chi connectivity index (χ1v) is 6.40. The predicted molar refractivity (Wildman–Crippen MR) is 68.5 cm³/mol. The lowest BCUT2D eigenvalue weighted by atomic mass is 10.00. The van der Waals surface area contributed by atoms with Crippen molar-refractivity contribution in [3.63, 3.8) is 0 Å². The molecule has 1 rings (SSSR count). The van der Waals surface area contributed by atoms with Gasteiger partial charge in [0.05, 0.1) is 6.20 Å². The van der Waals surface area contributed by atoms with E-state index in [-0.39, 0.29) is 0 Å². The maximum absolute atomic E-state index is 4.19. The molecule has 1 aromatic heterocycles. The van der Waals surface area contributed by atoms with Crippen molar-refractivity contribution in [2.45, 2.75) is 39.5 Å². The number of rotatable bonds is 8. The highest BCUT2D eigenvalue weighted by molar-refractivity contribution is 5.03. The van der Waals surface area contributed by atoms with Crippen LogP contribution in [0.3, 0.4) is 0 Å². The summed E-state index contributed by atoms with van der Waals surface area (Å²) in [6.45, 7) is 6.85. The summed E-state index contributed by atoms with van der Waals surface area (Å²) < 4.78 is 1.88. The molecule has 0 saturated heterocycles. The normalized spacial score (nSPS) is 12.9. The Balaban J connectivity index is 2.08. The van der Waals surface area contributed by atoms with E-state index in [9.17, 15) is 0 Å². The molecule has 0 fully saturated rings. The standard InChI is InChI=1S/C13H25N3/c1-4-8-14-9-7-12(2)5-6-13-10-15-16(3)11-13/h10-12,14H,4-9H2,1-3H3. The number of aryl methyl sites for hydroxylation is 2. The Morgan fingerprint density at radius 1 is 1.38 bits per heavy atom. The molecule has 0 spiro atoms. The Morgan fingerprint density at radius 3 is 2.81 bits per heavy atom. The van der Waals surface area contributed by atoms with Crippen molar-refractivity contribution in [3.05, 3.63) is 18.0 Å². The molecular weight excluding hydrogens is 198 g/mol. The SMILES string of the molecule is CCCNCCC(C)CCc1cnn(C)c1. The van der Waals surface area contributed by atoms with Gasteiger partial charge in [-0.2, -0.15) is 5.10 Å². The third-order valence-electron chi connectivity index (χ3n) is 2.92. The molecule has 0 radical (unpaired) electrons. The molecular formula is C13H25N3. The van der Waals surface area contributed by atoms with E-state index in [1.165, 1.54) is 24.8 Å². The van der Waals surface area contributed by atoms with Gasteiger partial charge in [0.15, 0.2) is 0 Å². The fourth-order valence-corrected chi connectivity index (χ4v) is 1.81. The number of hydrogen-bond acceptors (Lipinski definition) is 2. The van der Waals surface area contributed by atoms with E-state index < -0.39 is 0 Å². The van der Waals surface area contributed by atoms with Gasteiger partial charge < -0.3 is 5.32 Å². The van der Waals surface area contributed by atoms with E-state index >= 15 is 0 Å². The van der Waals surface area contributed by atoms with Crippen LogP contribution >= 0.6 is 0 Å². The van der Waals surface area contributed by atoms with Crippen LogP contribution in [0.15, 0.2) is 12.4 Å². The van der Waals surface area contributed by atoms with E-state index in [0.717, 1.165) is 25.4 Å². The van der Waals surface area contributed by atoms with Crippen LogP contribution in [0.1, 0.15) is 38.7 Å². The van der Waals surface area contributed by atoms with Crippen molar-refractivity contribution < 1.29 is 0 Å². The highest BCUT2D eigenvalue weighted by Crippen LogP contribution is 2.11. The Kier molecular flexibility index (Phi) is 6.16. The van der Waals surface area contributed by atoms with Crippen LogP contribution in [0, 0.1) is 5.92 Å². The van der Waals surface area contributed by atoms with Crippen LogP contribution in [-0.2, 0) is 13.5 Å². The molecule has 16 heavy (non-hydrogen) atoms. The summed E-state index contributed by atoms with van der Waals surface area (Å²) in [6, 6.07) is 0. The highest BCUT2D eigenvalue weighted by Gasteiger charge is 2.03. The van der Waals surface area contributed by atoms with Gasteiger partial charge in [-0.1, -0.05) is 13.8 Å². The number of nitrogens with one attached hydrogen (secondary N) is 1. The third-order valence-corrected chi connectivity index (χ3v) is 2.92. The average Bonchev–Trinajstić information content (AvgIpc) is 2.68. The van der Waals surface area contributed by atoms with Gasteiger partial charge in [0.2, 0.25) is 0 Å². The zero-order chi connectivity index (χ0) is 11.8. The second kappa shape index (κ2) is 7.44. The quantitative estimate of drug-likeness (QED) is 0.686. The number of aromatic nitrogens is 2. The average molecular weight is 223 g/mol. The maximum atomic E-state index is 4.19. The van der Waals surface area contributed by atoms with Gasteiger partial charge in [0, 0.05) is 13.2 Å². The molecule has 0 aliphatic heterocycles. The second-order valence-corrected chi connectivity index (χ2v) is 4.70. The lowest BCUT2D eigenvalue weighted by molar-refractivity contribution is 0.470. The van der Waals surface area contributed by atoms with E-state index in [0.29, 0.717) is 0 Å². The van der Waals surface area contributed by atoms with Crippen LogP contribution < -0.4 is 5.32 Å². The predicted octanol–water partition coefficient (Wildman–Crippen LogP) is 2.38. The molecule has 1 atom stereocenters. The summed E-state index contributed by atoms with van der Waals surface area (Å²) in [5.41, 5.74) is 1.36. The molecule has 0 aliphatic rings. The first-order valence-electron chi connectivity index (χ1n) is 6.40. The summed E-state index contributed by atoms with van der Waals surface area (Å²) in [5, 5.41) is 7.64. The number of hydrogen-bond donors (Lipinski definition) is 1.